The lowest BCUT2D eigenvalue weighted by Crippen LogP contribution is -2.42. The van der Waals surface area contributed by atoms with Crippen molar-refractivity contribution >= 4 is 39.3 Å². The third kappa shape index (κ3) is 8.23. The lowest BCUT2D eigenvalue weighted by atomic mass is 10.2. The highest BCUT2D eigenvalue weighted by Gasteiger charge is 2.21. The second kappa shape index (κ2) is 11.9. The molecule has 0 aliphatic rings. The fourth-order valence-electron chi connectivity index (χ4n) is 2.87. The van der Waals surface area contributed by atoms with Crippen LogP contribution < -0.4 is 14.8 Å². The number of benzene rings is 2. The minimum Gasteiger partial charge on any atom is -0.379 e. The van der Waals surface area contributed by atoms with E-state index in [1.807, 2.05) is 25.9 Å². The largest absolute Gasteiger partial charge is 0.379 e. The molecule has 2 aromatic rings. The predicted octanol–water partition coefficient (Wildman–Crippen LogP) is 3.16. The van der Waals surface area contributed by atoms with Gasteiger partial charge in [-0.05, 0) is 63.5 Å². The number of likely N-dealkylation sites (N-methyl/N-ethyl adjacent to an activating group) is 1. The predicted molar refractivity (Wildman–Crippen MR) is 128 cm³/mol. The quantitative estimate of drug-likeness (QED) is 0.489. The van der Waals surface area contributed by atoms with Crippen molar-refractivity contribution in [3.05, 3.63) is 53.1 Å². The first-order chi connectivity index (χ1) is 15.5. The zero-order chi connectivity index (χ0) is 24.6. The molecule has 0 bridgehead atoms. The van der Waals surface area contributed by atoms with Crippen LogP contribution in [0.1, 0.15) is 19.4 Å². The van der Waals surface area contributed by atoms with Crippen LogP contribution in [-0.2, 0) is 21.5 Å². The van der Waals surface area contributed by atoms with E-state index in [0.29, 0.717) is 35.9 Å². The first-order valence-electron chi connectivity index (χ1n) is 10.3. The Balaban J connectivity index is 2.30. The normalized spacial score (nSPS) is 11.2. The van der Waals surface area contributed by atoms with Crippen LogP contribution >= 0.6 is 11.6 Å². The van der Waals surface area contributed by atoms with Crippen molar-refractivity contribution < 1.29 is 22.2 Å². The SMILES string of the molecule is CCNC(=O)N(CCN(C)C)Cc1cc(Cl)ccc1OS(=O)(=O)c1ccc(NC(C)=O)cc1. The minimum absolute atomic E-state index is 0.0736. The number of rotatable bonds is 10. The number of anilines is 1. The summed E-state index contributed by atoms with van der Waals surface area (Å²) in [6.45, 7) is 4.78. The molecular formula is C22H29ClN4O5S. The molecular weight excluding hydrogens is 468 g/mol. The first kappa shape index (κ1) is 26.4. The van der Waals surface area contributed by atoms with Gasteiger partial charge in [0.25, 0.3) is 0 Å². The zero-order valence-corrected chi connectivity index (χ0v) is 20.7. The molecule has 0 unspecified atom stereocenters. The van der Waals surface area contributed by atoms with Crippen molar-refractivity contribution in [2.75, 3.05) is 39.0 Å². The Labute approximate surface area is 199 Å². The van der Waals surface area contributed by atoms with Crippen LogP contribution in [0.4, 0.5) is 10.5 Å². The van der Waals surface area contributed by atoms with Crippen LogP contribution in [0.5, 0.6) is 5.75 Å². The summed E-state index contributed by atoms with van der Waals surface area (Å²) >= 11 is 6.15. The topological polar surface area (TPSA) is 108 Å². The van der Waals surface area contributed by atoms with E-state index in [1.165, 1.54) is 43.3 Å². The molecule has 0 saturated heterocycles. The lowest BCUT2D eigenvalue weighted by molar-refractivity contribution is -0.114. The summed E-state index contributed by atoms with van der Waals surface area (Å²) < 4.78 is 31.2. The van der Waals surface area contributed by atoms with Crippen molar-refractivity contribution in [1.82, 2.24) is 15.1 Å². The van der Waals surface area contributed by atoms with Crippen LogP contribution in [0.25, 0.3) is 0 Å². The third-order valence-electron chi connectivity index (χ3n) is 4.48. The van der Waals surface area contributed by atoms with Crippen molar-refractivity contribution in [2.24, 2.45) is 0 Å². The number of nitrogens with one attached hydrogen (secondary N) is 2. The summed E-state index contributed by atoms with van der Waals surface area (Å²) in [5.41, 5.74) is 0.915. The molecule has 3 amide bonds. The number of amides is 3. The molecule has 2 N–H and O–H groups in total. The molecule has 0 spiro atoms. The molecule has 11 heteroatoms. The number of hydrogen-bond acceptors (Lipinski definition) is 6. The van der Waals surface area contributed by atoms with E-state index in [0.717, 1.165) is 0 Å². The second-order valence-corrected chi connectivity index (χ2v) is 9.54. The Bertz CT molecular complexity index is 1070. The van der Waals surface area contributed by atoms with E-state index in [2.05, 4.69) is 10.6 Å². The average Bonchev–Trinajstić information content (AvgIpc) is 2.72. The maximum absolute atomic E-state index is 12.9. The van der Waals surface area contributed by atoms with E-state index in [-0.39, 0.29) is 29.1 Å². The first-order valence-corrected chi connectivity index (χ1v) is 12.1. The fraction of sp³-hybridized carbons (Fsp3) is 0.364. The van der Waals surface area contributed by atoms with Crippen molar-refractivity contribution in [3.8, 4) is 5.75 Å². The molecule has 9 nitrogen and oxygen atoms in total. The van der Waals surface area contributed by atoms with Crippen LogP contribution in [-0.4, -0.2) is 63.9 Å². The summed E-state index contributed by atoms with van der Waals surface area (Å²) in [7, 11) is -0.376. The standard InChI is InChI=1S/C22H29ClN4O5S/c1-5-24-22(29)27(13-12-26(3)4)15-17-14-18(23)6-11-21(17)32-33(30,31)20-9-7-19(8-10-20)25-16(2)28/h6-11,14H,5,12-13,15H2,1-4H3,(H,24,29)(H,25,28). The number of nitrogens with zero attached hydrogens (tertiary/aromatic N) is 2. The van der Waals surface area contributed by atoms with Gasteiger partial charge in [0.2, 0.25) is 5.91 Å². The number of carbonyl (C=O) groups is 2. The molecule has 2 aromatic carbocycles. The Morgan fingerprint density at radius 3 is 2.30 bits per heavy atom. The van der Waals surface area contributed by atoms with Crippen LogP contribution in [0.3, 0.4) is 0 Å². The molecule has 33 heavy (non-hydrogen) atoms. The van der Waals surface area contributed by atoms with Crippen LogP contribution in [0.15, 0.2) is 47.4 Å². The van der Waals surface area contributed by atoms with Crippen molar-refractivity contribution in [1.29, 1.82) is 0 Å². The molecule has 180 valence electrons. The summed E-state index contributed by atoms with van der Waals surface area (Å²) in [5, 5.41) is 5.72. The van der Waals surface area contributed by atoms with E-state index >= 15 is 0 Å². The maximum atomic E-state index is 12.9. The smallest absolute Gasteiger partial charge is 0.339 e. The molecule has 0 atom stereocenters. The highest BCUT2D eigenvalue weighted by Crippen LogP contribution is 2.28. The van der Waals surface area contributed by atoms with Crippen molar-refractivity contribution in [2.45, 2.75) is 25.3 Å². The van der Waals surface area contributed by atoms with Crippen LogP contribution in [0.2, 0.25) is 5.02 Å². The molecule has 0 aromatic heterocycles. The van der Waals surface area contributed by atoms with Gasteiger partial charge in [-0.25, -0.2) is 4.79 Å². The summed E-state index contributed by atoms with van der Waals surface area (Å²) in [6.07, 6.45) is 0. The molecule has 0 aliphatic carbocycles. The van der Waals surface area contributed by atoms with E-state index in [9.17, 15) is 18.0 Å². The second-order valence-electron chi connectivity index (χ2n) is 7.56. The van der Waals surface area contributed by atoms with Crippen LogP contribution in [0, 0.1) is 0 Å². The van der Waals surface area contributed by atoms with Crippen molar-refractivity contribution in [3.63, 3.8) is 0 Å². The van der Waals surface area contributed by atoms with Gasteiger partial charge in [-0.2, -0.15) is 8.42 Å². The summed E-state index contributed by atoms with van der Waals surface area (Å²) in [5.74, 6) is -0.192. The van der Waals surface area contributed by atoms with Gasteiger partial charge in [-0.1, -0.05) is 11.6 Å². The van der Waals surface area contributed by atoms with Gasteiger partial charge in [-0.15, -0.1) is 0 Å². The molecule has 0 radical (unpaired) electrons. The van der Waals surface area contributed by atoms with Gasteiger partial charge < -0.3 is 24.6 Å². The average molecular weight is 497 g/mol. The van der Waals surface area contributed by atoms with Gasteiger partial charge in [0.05, 0.1) is 6.54 Å². The molecule has 0 saturated carbocycles. The molecule has 0 aliphatic heterocycles. The van der Waals surface area contributed by atoms with Gasteiger partial charge in [0, 0.05) is 42.8 Å². The van der Waals surface area contributed by atoms with Gasteiger partial charge >= 0.3 is 16.1 Å². The maximum Gasteiger partial charge on any atom is 0.339 e. The van der Waals surface area contributed by atoms with E-state index in [1.54, 1.807) is 11.0 Å². The summed E-state index contributed by atoms with van der Waals surface area (Å²) in [6, 6.07) is 9.91. The molecule has 0 heterocycles. The van der Waals surface area contributed by atoms with E-state index < -0.39 is 10.1 Å². The number of urea groups is 1. The Kier molecular flexibility index (Phi) is 9.51. The highest BCUT2D eigenvalue weighted by molar-refractivity contribution is 7.87. The molecule has 0 fully saturated rings. The van der Waals surface area contributed by atoms with Gasteiger partial charge in [0.15, 0.2) is 0 Å². The van der Waals surface area contributed by atoms with Gasteiger partial charge in [-0.3, -0.25) is 4.79 Å². The Hall–Kier alpha value is -2.82. The van der Waals surface area contributed by atoms with Gasteiger partial charge in [0.1, 0.15) is 10.6 Å². The monoisotopic (exact) mass is 496 g/mol. The number of halogens is 1. The zero-order valence-electron chi connectivity index (χ0n) is 19.1. The number of hydrogen-bond donors (Lipinski definition) is 2. The third-order valence-corrected chi connectivity index (χ3v) is 5.96. The Morgan fingerprint density at radius 2 is 1.73 bits per heavy atom. The van der Waals surface area contributed by atoms with E-state index in [4.69, 9.17) is 15.8 Å². The summed E-state index contributed by atoms with van der Waals surface area (Å²) in [4.78, 5) is 27.1. The Morgan fingerprint density at radius 1 is 1.06 bits per heavy atom. The number of carbonyl (C=O) groups excluding carboxylic acids is 2. The fourth-order valence-corrected chi connectivity index (χ4v) is 4.03. The minimum atomic E-state index is -4.17. The highest BCUT2D eigenvalue weighted by atomic mass is 35.5. The molecule has 2 rings (SSSR count). The lowest BCUT2D eigenvalue weighted by Gasteiger charge is -2.25.